The molecule has 26 heavy (non-hydrogen) atoms. The first-order valence-corrected chi connectivity index (χ1v) is 10.2. The van der Waals surface area contributed by atoms with E-state index < -0.39 is 10.0 Å². The molecular formula is C17H27N3O5S. The highest BCUT2D eigenvalue weighted by Crippen LogP contribution is 2.20. The second-order valence-corrected chi connectivity index (χ2v) is 7.91. The van der Waals surface area contributed by atoms with Crippen LogP contribution in [0.4, 0.5) is 11.4 Å². The van der Waals surface area contributed by atoms with E-state index in [-0.39, 0.29) is 18.3 Å². The monoisotopic (exact) mass is 385 g/mol. The molecule has 0 unspecified atom stereocenters. The quantitative estimate of drug-likeness (QED) is 0.632. The van der Waals surface area contributed by atoms with Crippen molar-refractivity contribution in [2.45, 2.75) is 6.92 Å². The van der Waals surface area contributed by atoms with Crippen LogP contribution in [0.2, 0.25) is 0 Å². The van der Waals surface area contributed by atoms with Gasteiger partial charge in [-0.15, -0.1) is 0 Å². The van der Waals surface area contributed by atoms with Crippen molar-refractivity contribution in [1.29, 1.82) is 0 Å². The average molecular weight is 385 g/mol. The van der Waals surface area contributed by atoms with Crippen LogP contribution in [-0.2, 0) is 24.3 Å². The molecule has 0 radical (unpaired) electrons. The molecule has 0 atom stereocenters. The van der Waals surface area contributed by atoms with E-state index in [1.54, 1.807) is 26.2 Å². The van der Waals surface area contributed by atoms with E-state index in [9.17, 15) is 13.2 Å². The number of anilines is 2. The molecule has 0 bridgehead atoms. The fourth-order valence-electron chi connectivity index (χ4n) is 2.66. The number of benzene rings is 1. The normalized spacial score (nSPS) is 15.2. The summed E-state index contributed by atoms with van der Waals surface area (Å²) in [5, 5.41) is 0. The minimum Gasteiger partial charge on any atom is -0.382 e. The van der Waals surface area contributed by atoms with Gasteiger partial charge in [0.2, 0.25) is 15.9 Å². The van der Waals surface area contributed by atoms with Gasteiger partial charge >= 0.3 is 0 Å². The summed E-state index contributed by atoms with van der Waals surface area (Å²) in [6.45, 7) is 5.45. The molecule has 146 valence electrons. The third kappa shape index (κ3) is 6.47. The van der Waals surface area contributed by atoms with Crippen LogP contribution >= 0.6 is 0 Å². The van der Waals surface area contributed by atoms with Gasteiger partial charge in [-0.1, -0.05) is 0 Å². The maximum absolute atomic E-state index is 12.0. The maximum Gasteiger partial charge on any atom is 0.234 e. The van der Waals surface area contributed by atoms with E-state index in [2.05, 4.69) is 9.62 Å². The number of nitrogens with zero attached hydrogens (tertiary/aromatic N) is 2. The topological polar surface area (TPSA) is 88.2 Å². The molecule has 1 fully saturated rings. The van der Waals surface area contributed by atoms with E-state index in [0.717, 1.165) is 18.8 Å². The van der Waals surface area contributed by atoms with E-state index in [1.807, 2.05) is 17.0 Å². The number of piperazine rings is 1. The third-order valence-electron chi connectivity index (χ3n) is 4.16. The van der Waals surface area contributed by atoms with Crippen LogP contribution in [0.15, 0.2) is 24.3 Å². The number of sulfonamides is 1. The highest BCUT2D eigenvalue weighted by Gasteiger charge is 2.19. The van der Waals surface area contributed by atoms with Crippen LogP contribution in [0, 0.1) is 0 Å². The van der Waals surface area contributed by atoms with Crippen LogP contribution in [0.1, 0.15) is 6.92 Å². The number of carbonyl (C=O) groups excluding carboxylic acids is 1. The fourth-order valence-corrected chi connectivity index (χ4v) is 3.60. The zero-order chi connectivity index (χ0) is 19.0. The number of nitrogens with one attached hydrogen (secondary N) is 1. The van der Waals surface area contributed by atoms with Gasteiger partial charge in [-0.25, -0.2) is 8.42 Å². The SMILES string of the molecule is COCCOCCS(=O)(=O)Nc1ccc(N2CCN(C(C)=O)CC2)cc1. The number of amides is 1. The number of hydrogen-bond donors (Lipinski definition) is 1. The highest BCUT2D eigenvalue weighted by molar-refractivity contribution is 7.92. The minimum atomic E-state index is -3.45. The molecule has 1 aliphatic heterocycles. The van der Waals surface area contributed by atoms with Crippen molar-refractivity contribution in [2.75, 3.05) is 68.5 Å². The Morgan fingerprint density at radius 2 is 1.73 bits per heavy atom. The molecular weight excluding hydrogens is 358 g/mol. The van der Waals surface area contributed by atoms with Crippen molar-refractivity contribution in [3.63, 3.8) is 0 Å². The van der Waals surface area contributed by atoms with Crippen LogP contribution < -0.4 is 9.62 Å². The molecule has 9 heteroatoms. The zero-order valence-corrected chi connectivity index (χ0v) is 16.1. The Morgan fingerprint density at radius 3 is 2.31 bits per heavy atom. The van der Waals surface area contributed by atoms with E-state index in [0.29, 0.717) is 32.0 Å². The fraction of sp³-hybridized carbons (Fsp3) is 0.588. The Morgan fingerprint density at radius 1 is 1.08 bits per heavy atom. The second-order valence-electron chi connectivity index (χ2n) is 6.07. The van der Waals surface area contributed by atoms with E-state index in [4.69, 9.17) is 9.47 Å². The standard InChI is InChI=1S/C17H27N3O5S/c1-15(21)19-7-9-20(10-8-19)17-5-3-16(4-6-17)18-26(22,23)14-13-25-12-11-24-2/h3-6,18H,7-14H2,1-2H3. The van der Waals surface area contributed by atoms with Crippen LogP contribution in [0.25, 0.3) is 0 Å². The molecule has 0 aliphatic carbocycles. The largest absolute Gasteiger partial charge is 0.382 e. The number of hydrogen-bond acceptors (Lipinski definition) is 6. The van der Waals surface area contributed by atoms with Gasteiger partial charge in [0.1, 0.15) is 0 Å². The number of rotatable bonds is 9. The summed E-state index contributed by atoms with van der Waals surface area (Å²) in [7, 11) is -1.89. The molecule has 1 aromatic carbocycles. The molecule has 1 heterocycles. The Bertz CT molecular complexity index is 670. The zero-order valence-electron chi connectivity index (χ0n) is 15.3. The lowest BCUT2D eigenvalue weighted by Crippen LogP contribution is -2.48. The molecule has 1 saturated heterocycles. The summed E-state index contributed by atoms with van der Waals surface area (Å²) in [4.78, 5) is 15.4. The summed E-state index contributed by atoms with van der Waals surface area (Å²) in [6.07, 6.45) is 0. The molecule has 0 saturated carbocycles. The lowest BCUT2D eigenvalue weighted by atomic mass is 10.2. The summed E-state index contributed by atoms with van der Waals surface area (Å²) >= 11 is 0. The minimum absolute atomic E-state index is 0.0978. The number of ether oxygens (including phenoxy) is 2. The molecule has 2 rings (SSSR count). The van der Waals surface area contributed by atoms with Gasteiger partial charge in [0, 0.05) is 51.6 Å². The predicted molar refractivity (Wildman–Crippen MR) is 101 cm³/mol. The Hall–Kier alpha value is -1.84. The number of carbonyl (C=O) groups is 1. The molecule has 8 nitrogen and oxygen atoms in total. The molecule has 0 spiro atoms. The maximum atomic E-state index is 12.0. The summed E-state index contributed by atoms with van der Waals surface area (Å²) in [5.41, 5.74) is 1.53. The van der Waals surface area contributed by atoms with Gasteiger partial charge in [-0.2, -0.15) is 0 Å². The summed E-state index contributed by atoms with van der Waals surface area (Å²) < 4.78 is 36.7. The first-order valence-electron chi connectivity index (χ1n) is 8.59. The summed E-state index contributed by atoms with van der Waals surface area (Å²) in [5.74, 6) is -0.00790. The van der Waals surface area contributed by atoms with Crippen LogP contribution in [0.3, 0.4) is 0 Å². The summed E-state index contributed by atoms with van der Waals surface area (Å²) in [6, 6.07) is 7.26. The van der Waals surface area contributed by atoms with E-state index >= 15 is 0 Å². The van der Waals surface area contributed by atoms with Crippen LogP contribution in [0.5, 0.6) is 0 Å². The predicted octanol–water partition coefficient (Wildman–Crippen LogP) is 0.760. The van der Waals surface area contributed by atoms with Gasteiger partial charge in [0.25, 0.3) is 0 Å². The van der Waals surface area contributed by atoms with Crippen molar-refractivity contribution < 1.29 is 22.7 Å². The van der Waals surface area contributed by atoms with Crippen LogP contribution in [-0.4, -0.2) is 78.1 Å². The smallest absolute Gasteiger partial charge is 0.234 e. The molecule has 1 aromatic rings. The number of methoxy groups -OCH3 is 1. The average Bonchev–Trinajstić information content (AvgIpc) is 2.62. The second kappa shape index (κ2) is 9.75. The van der Waals surface area contributed by atoms with Crippen molar-refractivity contribution in [3.05, 3.63) is 24.3 Å². The Labute approximate surface area is 155 Å². The lowest BCUT2D eigenvalue weighted by molar-refractivity contribution is -0.129. The Balaban J connectivity index is 1.82. The van der Waals surface area contributed by atoms with Crippen molar-refractivity contribution in [1.82, 2.24) is 4.90 Å². The Kier molecular flexibility index (Phi) is 7.67. The van der Waals surface area contributed by atoms with E-state index in [1.165, 1.54) is 0 Å². The van der Waals surface area contributed by atoms with Crippen molar-refractivity contribution >= 4 is 27.3 Å². The molecule has 1 aliphatic rings. The molecule has 1 N–H and O–H groups in total. The first kappa shape index (κ1) is 20.5. The molecule has 0 aromatic heterocycles. The van der Waals surface area contributed by atoms with Crippen molar-refractivity contribution in [3.8, 4) is 0 Å². The first-order chi connectivity index (χ1) is 12.4. The van der Waals surface area contributed by atoms with Gasteiger partial charge < -0.3 is 19.3 Å². The lowest BCUT2D eigenvalue weighted by Gasteiger charge is -2.35. The van der Waals surface area contributed by atoms with Gasteiger partial charge in [0.15, 0.2) is 0 Å². The van der Waals surface area contributed by atoms with Gasteiger partial charge in [-0.05, 0) is 24.3 Å². The highest BCUT2D eigenvalue weighted by atomic mass is 32.2. The van der Waals surface area contributed by atoms with Gasteiger partial charge in [-0.3, -0.25) is 9.52 Å². The molecule has 1 amide bonds. The third-order valence-corrected chi connectivity index (χ3v) is 5.41. The van der Waals surface area contributed by atoms with Gasteiger partial charge in [0.05, 0.1) is 25.6 Å². The van der Waals surface area contributed by atoms with Crippen molar-refractivity contribution in [2.24, 2.45) is 0 Å².